The van der Waals surface area contributed by atoms with E-state index in [2.05, 4.69) is 0 Å². The zero-order chi connectivity index (χ0) is 16.2. The lowest BCUT2D eigenvalue weighted by atomic mass is 10.1. The van der Waals surface area contributed by atoms with E-state index in [1.807, 2.05) is 47.2 Å². The molecule has 3 aromatic rings. The Kier molecular flexibility index (Phi) is 5.93. The van der Waals surface area contributed by atoms with Crippen molar-refractivity contribution in [3.05, 3.63) is 66.4 Å². The summed E-state index contributed by atoms with van der Waals surface area (Å²) >= 11 is 0. The van der Waals surface area contributed by atoms with Crippen molar-refractivity contribution >= 4 is 16.7 Å². The Labute approximate surface area is 151 Å². The Morgan fingerprint density at radius 2 is 1.75 bits per heavy atom. The molecule has 0 atom stereocenters. The number of rotatable bonds is 5. The van der Waals surface area contributed by atoms with Crippen LogP contribution in [-0.2, 0) is 6.54 Å². The molecule has 1 aromatic heterocycles. The Bertz CT molecular complexity index is 859. The fourth-order valence-corrected chi connectivity index (χ4v) is 2.63. The maximum absolute atomic E-state index is 12.7. The quantitative estimate of drug-likeness (QED) is 0.458. The minimum absolute atomic E-state index is 0. The van der Waals surface area contributed by atoms with E-state index in [4.69, 9.17) is 9.47 Å². The van der Waals surface area contributed by atoms with E-state index in [9.17, 15) is 4.79 Å². The van der Waals surface area contributed by atoms with Gasteiger partial charge in [0.15, 0.2) is 6.20 Å². The largest absolute Gasteiger partial charge is 1.00 e. The summed E-state index contributed by atoms with van der Waals surface area (Å²) in [5, 5.41) is 1.10. The topological polar surface area (TPSA) is 39.4 Å². The molecule has 0 radical (unpaired) electrons. The summed E-state index contributed by atoms with van der Waals surface area (Å²) in [5.41, 5.74) is 1.54. The van der Waals surface area contributed by atoms with Crippen LogP contribution in [0.3, 0.4) is 0 Å². The van der Waals surface area contributed by atoms with E-state index < -0.39 is 0 Å². The Morgan fingerprint density at radius 3 is 2.50 bits per heavy atom. The standard InChI is InChI=1S/C19H18NO3.BrH/c1-22-15-9-10-19(23-2)16(12-15)18(21)13-20-11-5-7-14-6-3-4-8-17(14)20;/h3-12H,13H2,1-2H3;1H/q+1;/p-1. The van der Waals surface area contributed by atoms with Gasteiger partial charge in [0.1, 0.15) is 11.5 Å². The molecule has 3 rings (SSSR count). The average molecular weight is 388 g/mol. The van der Waals surface area contributed by atoms with Crippen molar-refractivity contribution in [2.45, 2.75) is 6.54 Å². The number of Topliss-reactive ketones (excluding diaryl/α,β-unsaturated/α-hetero) is 1. The molecule has 4 nitrogen and oxygen atoms in total. The van der Waals surface area contributed by atoms with Crippen LogP contribution in [0.15, 0.2) is 60.8 Å². The highest BCUT2D eigenvalue weighted by atomic mass is 79.9. The first-order chi connectivity index (χ1) is 11.2. The number of nitrogens with zero attached hydrogens (tertiary/aromatic N) is 1. The maximum Gasteiger partial charge on any atom is 0.231 e. The zero-order valence-corrected chi connectivity index (χ0v) is 15.1. The monoisotopic (exact) mass is 387 g/mol. The minimum Gasteiger partial charge on any atom is -1.00 e. The molecule has 0 bridgehead atoms. The molecule has 124 valence electrons. The number of ether oxygens (including phenoxy) is 2. The van der Waals surface area contributed by atoms with E-state index >= 15 is 0 Å². The van der Waals surface area contributed by atoms with Crippen LogP contribution in [0.2, 0.25) is 0 Å². The van der Waals surface area contributed by atoms with E-state index in [-0.39, 0.29) is 29.3 Å². The molecule has 0 spiro atoms. The number of hydrogen-bond acceptors (Lipinski definition) is 3. The van der Waals surface area contributed by atoms with Crippen molar-refractivity contribution in [2.24, 2.45) is 0 Å². The summed E-state index contributed by atoms with van der Waals surface area (Å²) in [5.74, 6) is 1.16. The number of carbonyl (C=O) groups excluding carboxylic acids is 1. The normalized spacial score (nSPS) is 10.1. The lowest BCUT2D eigenvalue weighted by Crippen LogP contribution is -3.00. The summed E-state index contributed by atoms with van der Waals surface area (Å²) in [7, 11) is 3.14. The SMILES string of the molecule is COc1ccc(OC)c(C(=O)C[n+]2cccc3ccccc32)c1.[Br-]. The molecule has 0 aliphatic rings. The Hall–Kier alpha value is -2.40. The number of halogens is 1. The highest BCUT2D eigenvalue weighted by Gasteiger charge is 2.19. The minimum atomic E-state index is -0.0258. The van der Waals surface area contributed by atoms with Crippen molar-refractivity contribution < 1.29 is 35.8 Å². The van der Waals surface area contributed by atoms with Crippen LogP contribution >= 0.6 is 0 Å². The van der Waals surface area contributed by atoms with Crippen molar-refractivity contribution in [3.63, 3.8) is 0 Å². The number of para-hydroxylation sites is 1. The van der Waals surface area contributed by atoms with Crippen molar-refractivity contribution in [1.29, 1.82) is 0 Å². The fraction of sp³-hybridized carbons (Fsp3) is 0.158. The van der Waals surface area contributed by atoms with Crippen LogP contribution in [0, 0.1) is 0 Å². The highest BCUT2D eigenvalue weighted by Crippen LogP contribution is 2.24. The van der Waals surface area contributed by atoms with Gasteiger partial charge in [0, 0.05) is 17.5 Å². The van der Waals surface area contributed by atoms with E-state index in [0.29, 0.717) is 17.1 Å². The maximum atomic E-state index is 12.7. The molecule has 5 heteroatoms. The van der Waals surface area contributed by atoms with Crippen molar-refractivity contribution in [2.75, 3.05) is 14.2 Å². The third-order valence-corrected chi connectivity index (χ3v) is 3.81. The lowest BCUT2D eigenvalue weighted by molar-refractivity contribution is -0.657. The van der Waals surface area contributed by atoms with Crippen LogP contribution in [0.25, 0.3) is 10.9 Å². The number of hydrogen-bond donors (Lipinski definition) is 0. The molecule has 0 N–H and O–H groups in total. The number of pyridine rings is 1. The van der Waals surface area contributed by atoms with Gasteiger partial charge in [-0.1, -0.05) is 12.1 Å². The van der Waals surface area contributed by atoms with E-state index in [1.54, 1.807) is 32.4 Å². The molecule has 1 heterocycles. The number of ketones is 1. The van der Waals surface area contributed by atoms with Crippen LogP contribution in [0.5, 0.6) is 11.5 Å². The summed E-state index contributed by atoms with van der Waals surface area (Å²) in [6, 6.07) is 17.2. The van der Waals surface area contributed by atoms with Gasteiger partial charge in [0.25, 0.3) is 0 Å². The molecule has 0 fully saturated rings. The van der Waals surface area contributed by atoms with Gasteiger partial charge in [-0.25, -0.2) is 0 Å². The van der Waals surface area contributed by atoms with Gasteiger partial charge < -0.3 is 26.5 Å². The molecule has 0 aliphatic heterocycles. The van der Waals surface area contributed by atoms with Crippen LogP contribution in [0.1, 0.15) is 10.4 Å². The zero-order valence-electron chi connectivity index (χ0n) is 13.5. The van der Waals surface area contributed by atoms with E-state index in [0.717, 1.165) is 10.9 Å². The fourth-order valence-electron chi connectivity index (χ4n) is 2.63. The lowest BCUT2D eigenvalue weighted by Gasteiger charge is -2.08. The summed E-state index contributed by atoms with van der Waals surface area (Å²) in [6.07, 6.45) is 1.91. The van der Waals surface area contributed by atoms with Crippen LogP contribution < -0.4 is 31.0 Å². The number of aromatic nitrogens is 1. The molecule has 2 aromatic carbocycles. The molecule has 0 saturated carbocycles. The smallest absolute Gasteiger partial charge is 0.231 e. The van der Waals surface area contributed by atoms with Crippen molar-refractivity contribution in [3.8, 4) is 11.5 Å². The first-order valence-electron chi connectivity index (χ1n) is 7.35. The van der Waals surface area contributed by atoms with Crippen LogP contribution in [-0.4, -0.2) is 20.0 Å². The van der Waals surface area contributed by atoms with Gasteiger partial charge in [-0.05, 0) is 30.3 Å². The summed E-state index contributed by atoms with van der Waals surface area (Å²) in [4.78, 5) is 12.7. The molecule has 24 heavy (non-hydrogen) atoms. The Balaban J connectivity index is 0.00000208. The van der Waals surface area contributed by atoms with Crippen LogP contribution in [0.4, 0.5) is 0 Å². The third kappa shape index (κ3) is 3.57. The first kappa shape index (κ1) is 17.9. The van der Waals surface area contributed by atoms with Gasteiger partial charge in [-0.3, -0.25) is 4.79 Å². The van der Waals surface area contributed by atoms with Gasteiger partial charge in [-0.15, -0.1) is 0 Å². The van der Waals surface area contributed by atoms with Crippen molar-refractivity contribution in [1.82, 2.24) is 0 Å². The summed E-state index contributed by atoms with van der Waals surface area (Å²) in [6.45, 7) is 0.241. The molecular weight excluding hydrogens is 370 g/mol. The number of benzene rings is 2. The summed E-state index contributed by atoms with van der Waals surface area (Å²) < 4.78 is 12.5. The second-order valence-corrected chi connectivity index (χ2v) is 5.18. The number of methoxy groups -OCH3 is 2. The molecule has 0 saturated heterocycles. The first-order valence-corrected chi connectivity index (χ1v) is 7.35. The number of fused-ring (bicyclic) bond motifs is 1. The highest BCUT2D eigenvalue weighted by molar-refractivity contribution is 5.98. The second kappa shape index (κ2) is 7.93. The molecule has 0 aliphatic carbocycles. The molecular formula is C19H18BrNO3. The molecule has 0 unspecified atom stereocenters. The van der Waals surface area contributed by atoms with E-state index in [1.165, 1.54) is 0 Å². The number of carbonyl (C=O) groups is 1. The predicted octanol–water partition coefficient (Wildman–Crippen LogP) is 0.0314. The van der Waals surface area contributed by atoms with Gasteiger partial charge in [0.2, 0.25) is 17.8 Å². The predicted molar refractivity (Wildman–Crippen MR) is 88.0 cm³/mol. The van der Waals surface area contributed by atoms with Gasteiger partial charge >= 0.3 is 0 Å². The Morgan fingerprint density at radius 1 is 1.00 bits per heavy atom. The second-order valence-electron chi connectivity index (χ2n) is 5.18. The average Bonchev–Trinajstić information content (AvgIpc) is 2.61. The molecule has 0 amide bonds. The van der Waals surface area contributed by atoms with Gasteiger partial charge in [-0.2, -0.15) is 4.57 Å². The van der Waals surface area contributed by atoms with Gasteiger partial charge in [0.05, 0.1) is 19.8 Å². The third-order valence-electron chi connectivity index (χ3n) is 3.81.